The van der Waals surface area contributed by atoms with Crippen LogP contribution in [0.5, 0.6) is 0 Å². The first-order chi connectivity index (χ1) is 8.38. The summed E-state index contributed by atoms with van der Waals surface area (Å²) in [5, 5.41) is 6.39. The first kappa shape index (κ1) is 11.4. The quantitative estimate of drug-likeness (QED) is 0.801. The van der Waals surface area contributed by atoms with Gasteiger partial charge in [-0.2, -0.15) is 0 Å². The number of hydrogen-bond donors (Lipinski definition) is 2. The van der Waals surface area contributed by atoms with Gasteiger partial charge in [-0.3, -0.25) is 0 Å². The lowest BCUT2D eigenvalue weighted by molar-refractivity contribution is 0.518. The summed E-state index contributed by atoms with van der Waals surface area (Å²) in [6.07, 6.45) is 4.27. The van der Waals surface area contributed by atoms with Gasteiger partial charge in [-0.05, 0) is 18.6 Å². The Morgan fingerprint density at radius 1 is 1.24 bits per heavy atom. The van der Waals surface area contributed by atoms with E-state index in [1.54, 1.807) is 12.6 Å². The Labute approximate surface area is 100 Å². The molecule has 2 rings (SSSR count). The van der Waals surface area contributed by atoms with Crippen molar-refractivity contribution in [3.8, 4) is 0 Å². The van der Waals surface area contributed by atoms with Crippen molar-refractivity contribution in [3.63, 3.8) is 0 Å². The fourth-order valence-corrected chi connectivity index (χ4v) is 1.39. The SMILES string of the molecule is CCCNc1cc(NCc2ccco2)ncn1. The molecule has 2 heterocycles. The molecule has 5 nitrogen and oxygen atoms in total. The molecule has 0 radical (unpaired) electrons. The van der Waals surface area contributed by atoms with Crippen molar-refractivity contribution in [1.29, 1.82) is 0 Å². The maximum atomic E-state index is 5.23. The molecule has 0 aliphatic rings. The molecule has 5 heteroatoms. The average Bonchev–Trinajstić information content (AvgIpc) is 2.87. The monoisotopic (exact) mass is 232 g/mol. The summed E-state index contributed by atoms with van der Waals surface area (Å²) in [7, 11) is 0. The average molecular weight is 232 g/mol. The molecular weight excluding hydrogens is 216 g/mol. The van der Waals surface area contributed by atoms with E-state index in [2.05, 4.69) is 27.5 Å². The van der Waals surface area contributed by atoms with Gasteiger partial charge in [0.25, 0.3) is 0 Å². The fourth-order valence-electron chi connectivity index (χ4n) is 1.39. The zero-order valence-electron chi connectivity index (χ0n) is 9.81. The maximum Gasteiger partial charge on any atom is 0.131 e. The van der Waals surface area contributed by atoms with Crippen LogP contribution in [0.15, 0.2) is 35.2 Å². The van der Waals surface area contributed by atoms with Crippen LogP contribution >= 0.6 is 0 Å². The molecule has 0 unspecified atom stereocenters. The number of nitrogens with one attached hydrogen (secondary N) is 2. The van der Waals surface area contributed by atoms with E-state index in [9.17, 15) is 0 Å². The zero-order valence-corrected chi connectivity index (χ0v) is 9.81. The highest BCUT2D eigenvalue weighted by atomic mass is 16.3. The van der Waals surface area contributed by atoms with Crippen LogP contribution in [0.4, 0.5) is 11.6 Å². The molecule has 0 bridgehead atoms. The van der Waals surface area contributed by atoms with Crippen molar-refractivity contribution in [1.82, 2.24) is 9.97 Å². The molecule has 2 aromatic rings. The normalized spacial score (nSPS) is 10.2. The van der Waals surface area contributed by atoms with Crippen molar-refractivity contribution in [2.24, 2.45) is 0 Å². The lowest BCUT2D eigenvalue weighted by Crippen LogP contribution is -2.05. The summed E-state index contributed by atoms with van der Waals surface area (Å²) in [5.41, 5.74) is 0. The Kier molecular flexibility index (Phi) is 3.96. The third-order valence-corrected chi connectivity index (χ3v) is 2.25. The highest BCUT2D eigenvalue weighted by Crippen LogP contribution is 2.10. The van der Waals surface area contributed by atoms with Crippen molar-refractivity contribution in [3.05, 3.63) is 36.5 Å². The van der Waals surface area contributed by atoms with Gasteiger partial charge in [0, 0.05) is 12.6 Å². The predicted octanol–water partition coefficient (Wildman–Crippen LogP) is 2.50. The van der Waals surface area contributed by atoms with E-state index in [0.29, 0.717) is 6.54 Å². The molecule has 0 aliphatic carbocycles. The van der Waals surface area contributed by atoms with Crippen LogP contribution in [0.2, 0.25) is 0 Å². The van der Waals surface area contributed by atoms with Crippen LogP contribution in [0.3, 0.4) is 0 Å². The molecule has 0 aliphatic heterocycles. The predicted molar refractivity (Wildman–Crippen MR) is 66.8 cm³/mol. The lowest BCUT2D eigenvalue weighted by atomic mass is 10.4. The smallest absolute Gasteiger partial charge is 0.131 e. The third-order valence-electron chi connectivity index (χ3n) is 2.25. The van der Waals surface area contributed by atoms with E-state index in [1.807, 2.05) is 18.2 Å². The number of rotatable bonds is 6. The zero-order chi connectivity index (χ0) is 11.9. The van der Waals surface area contributed by atoms with Gasteiger partial charge in [-0.15, -0.1) is 0 Å². The molecule has 17 heavy (non-hydrogen) atoms. The van der Waals surface area contributed by atoms with Crippen molar-refractivity contribution < 1.29 is 4.42 Å². The second kappa shape index (κ2) is 5.89. The molecule has 0 fully saturated rings. The summed E-state index contributed by atoms with van der Waals surface area (Å²) < 4.78 is 5.23. The Morgan fingerprint density at radius 2 is 2.06 bits per heavy atom. The lowest BCUT2D eigenvalue weighted by Gasteiger charge is -2.06. The standard InChI is InChI=1S/C12H16N4O/c1-2-5-13-11-7-12(16-9-15-11)14-8-10-4-3-6-17-10/h3-4,6-7,9H,2,5,8H2,1H3,(H2,13,14,15,16). The minimum Gasteiger partial charge on any atom is -0.467 e. The van der Waals surface area contributed by atoms with Crippen LogP contribution in [0.25, 0.3) is 0 Å². The van der Waals surface area contributed by atoms with Gasteiger partial charge in [0.1, 0.15) is 23.7 Å². The molecule has 0 saturated heterocycles. The summed E-state index contributed by atoms with van der Waals surface area (Å²) in [6, 6.07) is 5.67. The molecule has 0 saturated carbocycles. The van der Waals surface area contributed by atoms with Gasteiger partial charge < -0.3 is 15.1 Å². The number of anilines is 2. The van der Waals surface area contributed by atoms with Gasteiger partial charge in [-0.1, -0.05) is 6.92 Å². The largest absolute Gasteiger partial charge is 0.467 e. The molecule has 2 N–H and O–H groups in total. The number of hydrogen-bond acceptors (Lipinski definition) is 5. The highest BCUT2D eigenvalue weighted by Gasteiger charge is 1.99. The van der Waals surface area contributed by atoms with Gasteiger partial charge in [0.15, 0.2) is 0 Å². The van der Waals surface area contributed by atoms with Crippen LogP contribution in [-0.4, -0.2) is 16.5 Å². The molecule has 0 spiro atoms. The number of furan rings is 1. The third kappa shape index (κ3) is 3.48. The van der Waals surface area contributed by atoms with Crippen molar-refractivity contribution >= 4 is 11.6 Å². The van der Waals surface area contributed by atoms with Gasteiger partial charge in [0.2, 0.25) is 0 Å². The van der Waals surface area contributed by atoms with E-state index in [4.69, 9.17) is 4.42 Å². The molecule has 0 amide bonds. The Hall–Kier alpha value is -2.04. The van der Waals surface area contributed by atoms with Crippen molar-refractivity contribution in [2.75, 3.05) is 17.2 Å². The first-order valence-electron chi connectivity index (χ1n) is 5.70. The Bertz CT molecular complexity index is 442. The van der Waals surface area contributed by atoms with Gasteiger partial charge in [0.05, 0.1) is 12.8 Å². The maximum absolute atomic E-state index is 5.23. The second-order valence-electron chi connectivity index (χ2n) is 3.65. The van der Waals surface area contributed by atoms with Crippen LogP contribution < -0.4 is 10.6 Å². The summed E-state index contributed by atoms with van der Waals surface area (Å²) in [4.78, 5) is 8.28. The van der Waals surface area contributed by atoms with E-state index in [1.165, 1.54) is 0 Å². The van der Waals surface area contributed by atoms with Gasteiger partial charge in [-0.25, -0.2) is 9.97 Å². The van der Waals surface area contributed by atoms with Crippen molar-refractivity contribution in [2.45, 2.75) is 19.9 Å². The topological polar surface area (TPSA) is 63.0 Å². The molecule has 2 aromatic heterocycles. The Morgan fingerprint density at radius 3 is 2.76 bits per heavy atom. The van der Waals surface area contributed by atoms with Crippen LogP contribution in [0, 0.1) is 0 Å². The van der Waals surface area contributed by atoms with Crippen LogP contribution in [-0.2, 0) is 6.54 Å². The first-order valence-corrected chi connectivity index (χ1v) is 5.70. The second-order valence-corrected chi connectivity index (χ2v) is 3.65. The summed E-state index contributed by atoms with van der Waals surface area (Å²) in [6.45, 7) is 3.65. The Balaban J connectivity index is 1.91. The molecule has 0 aromatic carbocycles. The molecule has 90 valence electrons. The minimum absolute atomic E-state index is 0.622. The highest BCUT2D eigenvalue weighted by molar-refractivity contribution is 5.46. The summed E-state index contributed by atoms with van der Waals surface area (Å²) in [5.74, 6) is 2.51. The molecular formula is C12H16N4O. The minimum atomic E-state index is 0.622. The number of nitrogens with zero attached hydrogens (tertiary/aromatic N) is 2. The number of aromatic nitrogens is 2. The fraction of sp³-hybridized carbons (Fsp3) is 0.333. The van der Waals surface area contributed by atoms with E-state index >= 15 is 0 Å². The molecule has 0 atom stereocenters. The van der Waals surface area contributed by atoms with Gasteiger partial charge >= 0.3 is 0 Å². The van der Waals surface area contributed by atoms with E-state index in [0.717, 1.165) is 30.4 Å². The van der Waals surface area contributed by atoms with E-state index in [-0.39, 0.29) is 0 Å². The van der Waals surface area contributed by atoms with E-state index < -0.39 is 0 Å². The summed E-state index contributed by atoms with van der Waals surface area (Å²) >= 11 is 0. The van der Waals surface area contributed by atoms with Crippen LogP contribution in [0.1, 0.15) is 19.1 Å².